The highest BCUT2D eigenvalue weighted by molar-refractivity contribution is 5.42. The van der Waals surface area contributed by atoms with Gasteiger partial charge in [0, 0.05) is 18.1 Å². The maximum absolute atomic E-state index is 13.6. The maximum Gasteiger partial charge on any atom is 0.161 e. The lowest BCUT2D eigenvalue weighted by atomic mass is 9.98. The number of ether oxygens (including phenoxy) is 1. The van der Waals surface area contributed by atoms with Crippen molar-refractivity contribution < 1.29 is 23.0 Å². The molecule has 1 N–H and O–H groups in total. The average molecular weight is 280 g/mol. The number of aliphatic hydroxyl groups excluding tert-OH is 1. The number of rotatable bonds is 2. The molecule has 0 fully saturated rings. The second-order valence-corrected chi connectivity index (χ2v) is 4.66. The molecule has 2 aromatic carbocycles. The number of hydrogen-bond acceptors (Lipinski definition) is 2. The van der Waals surface area contributed by atoms with Gasteiger partial charge in [0.15, 0.2) is 11.6 Å². The minimum atomic E-state index is -1.35. The van der Waals surface area contributed by atoms with Crippen LogP contribution in [0, 0.1) is 17.5 Å². The van der Waals surface area contributed by atoms with E-state index in [0.29, 0.717) is 30.7 Å². The molecule has 1 unspecified atom stereocenters. The van der Waals surface area contributed by atoms with Crippen molar-refractivity contribution in [1.82, 2.24) is 0 Å². The van der Waals surface area contributed by atoms with Gasteiger partial charge in [0.2, 0.25) is 0 Å². The van der Waals surface area contributed by atoms with Crippen molar-refractivity contribution in [3.05, 3.63) is 64.5 Å². The minimum absolute atomic E-state index is 0.289. The molecule has 2 nitrogen and oxygen atoms in total. The second kappa shape index (κ2) is 4.83. The van der Waals surface area contributed by atoms with Crippen molar-refractivity contribution >= 4 is 0 Å². The zero-order valence-electron chi connectivity index (χ0n) is 10.4. The van der Waals surface area contributed by atoms with Gasteiger partial charge < -0.3 is 9.84 Å². The molecule has 20 heavy (non-hydrogen) atoms. The molecule has 0 saturated carbocycles. The molecule has 0 aromatic heterocycles. The zero-order chi connectivity index (χ0) is 14.3. The van der Waals surface area contributed by atoms with Gasteiger partial charge in [-0.3, -0.25) is 0 Å². The Balaban J connectivity index is 2.00. The summed E-state index contributed by atoms with van der Waals surface area (Å²) in [5, 5.41) is 10.1. The third-order valence-electron chi connectivity index (χ3n) is 3.36. The van der Waals surface area contributed by atoms with Gasteiger partial charge in [-0.15, -0.1) is 0 Å². The predicted molar refractivity (Wildman–Crippen MR) is 66.0 cm³/mol. The minimum Gasteiger partial charge on any atom is -0.493 e. The highest BCUT2D eigenvalue weighted by Crippen LogP contribution is 2.31. The summed E-state index contributed by atoms with van der Waals surface area (Å²) in [4.78, 5) is 0. The molecular weight excluding hydrogens is 269 g/mol. The van der Waals surface area contributed by atoms with Crippen LogP contribution in [0.3, 0.4) is 0 Å². The highest BCUT2D eigenvalue weighted by atomic mass is 19.2. The molecule has 5 heteroatoms. The first-order valence-corrected chi connectivity index (χ1v) is 6.14. The predicted octanol–water partition coefficient (Wildman–Crippen LogP) is 3.12. The molecule has 1 aliphatic rings. The summed E-state index contributed by atoms with van der Waals surface area (Å²) >= 11 is 0. The van der Waals surface area contributed by atoms with Crippen LogP contribution in [0.2, 0.25) is 0 Å². The van der Waals surface area contributed by atoms with Crippen molar-refractivity contribution in [2.45, 2.75) is 12.5 Å². The van der Waals surface area contributed by atoms with Crippen molar-refractivity contribution in [2.75, 3.05) is 6.61 Å². The Hall–Kier alpha value is -2.01. The van der Waals surface area contributed by atoms with E-state index in [1.807, 2.05) is 0 Å². The van der Waals surface area contributed by atoms with Gasteiger partial charge in [-0.1, -0.05) is 6.07 Å². The summed E-state index contributed by atoms with van der Waals surface area (Å²) in [7, 11) is 0. The van der Waals surface area contributed by atoms with E-state index in [1.165, 1.54) is 0 Å². The van der Waals surface area contributed by atoms with Crippen LogP contribution in [0.1, 0.15) is 22.8 Å². The number of hydrogen-bond donors (Lipinski definition) is 1. The Morgan fingerprint density at radius 2 is 1.75 bits per heavy atom. The molecule has 0 spiro atoms. The smallest absolute Gasteiger partial charge is 0.161 e. The Kier molecular flexibility index (Phi) is 3.14. The highest BCUT2D eigenvalue weighted by Gasteiger charge is 2.21. The van der Waals surface area contributed by atoms with Crippen LogP contribution in [-0.2, 0) is 6.42 Å². The van der Waals surface area contributed by atoms with Crippen molar-refractivity contribution in [1.29, 1.82) is 0 Å². The van der Waals surface area contributed by atoms with E-state index < -0.39 is 23.6 Å². The standard InChI is InChI=1S/C15H11F3O2/c16-11-7-13(18)12(17)6-10(11)15(19)9-1-2-14-8(5-9)3-4-20-14/h1-2,5-7,15,19H,3-4H2. The van der Waals surface area contributed by atoms with E-state index in [-0.39, 0.29) is 5.56 Å². The van der Waals surface area contributed by atoms with Gasteiger partial charge in [0.25, 0.3) is 0 Å². The van der Waals surface area contributed by atoms with Crippen LogP contribution in [0.5, 0.6) is 5.75 Å². The van der Waals surface area contributed by atoms with Crippen LogP contribution in [0.4, 0.5) is 13.2 Å². The summed E-state index contributed by atoms with van der Waals surface area (Å²) < 4.78 is 45.1. The summed E-state index contributed by atoms with van der Waals surface area (Å²) in [6.45, 7) is 0.564. The molecule has 3 rings (SSSR count). The van der Waals surface area contributed by atoms with E-state index in [0.717, 1.165) is 11.3 Å². The van der Waals surface area contributed by atoms with E-state index >= 15 is 0 Å². The lowest BCUT2D eigenvalue weighted by Crippen LogP contribution is -2.05. The van der Waals surface area contributed by atoms with Gasteiger partial charge in [0.05, 0.1) is 6.61 Å². The van der Waals surface area contributed by atoms with Crippen LogP contribution in [-0.4, -0.2) is 11.7 Å². The summed E-state index contributed by atoms with van der Waals surface area (Å²) in [6, 6.07) is 6.06. The third kappa shape index (κ3) is 2.14. The van der Waals surface area contributed by atoms with Crippen LogP contribution in [0.15, 0.2) is 30.3 Å². The van der Waals surface area contributed by atoms with Crippen LogP contribution < -0.4 is 4.74 Å². The zero-order valence-corrected chi connectivity index (χ0v) is 10.4. The van der Waals surface area contributed by atoms with Crippen LogP contribution >= 0.6 is 0 Å². The molecule has 0 amide bonds. The van der Waals surface area contributed by atoms with Gasteiger partial charge in [0.1, 0.15) is 17.7 Å². The van der Waals surface area contributed by atoms with Gasteiger partial charge in [-0.05, 0) is 29.3 Å². The lowest BCUT2D eigenvalue weighted by Gasteiger charge is -2.14. The maximum atomic E-state index is 13.6. The first-order chi connectivity index (χ1) is 9.56. The molecule has 0 bridgehead atoms. The lowest BCUT2D eigenvalue weighted by molar-refractivity contribution is 0.213. The summed E-state index contributed by atoms with van der Waals surface area (Å²) in [5.74, 6) is -2.72. The fourth-order valence-electron chi connectivity index (χ4n) is 2.30. The molecular formula is C15H11F3O2. The van der Waals surface area contributed by atoms with Crippen molar-refractivity contribution in [3.8, 4) is 5.75 Å². The van der Waals surface area contributed by atoms with Gasteiger partial charge in [-0.25, -0.2) is 13.2 Å². The molecule has 1 atom stereocenters. The number of fused-ring (bicyclic) bond motifs is 1. The van der Waals surface area contributed by atoms with Gasteiger partial charge in [-0.2, -0.15) is 0 Å². The van der Waals surface area contributed by atoms with Gasteiger partial charge >= 0.3 is 0 Å². The molecule has 1 heterocycles. The SMILES string of the molecule is OC(c1ccc2c(c1)CCO2)c1cc(F)c(F)cc1F. The summed E-state index contributed by atoms with van der Waals surface area (Å²) in [6.07, 6.45) is -0.646. The molecule has 104 valence electrons. The fraction of sp³-hybridized carbons (Fsp3) is 0.200. The van der Waals surface area contributed by atoms with Crippen molar-refractivity contribution in [2.24, 2.45) is 0 Å². The Morgan fingerprint density at radius 3 is 2.55 bits per heavy atom. The van der Waals surface area contributed by atoms with E-state index in [9.17, 15) is 18.3 Å². The number of aliphatic hydroxyl groups is 1. The molecule has 2 aromatic rings. The van der Waals surface area contributed by atoms with E-state index in [2.05, 4.69) is 0 Å². The molecule has 0 radical (unpaired) electrons. The molecule has 1 aliphatic heterocycles. The fourth-order valence-corrected chi connectivity index (χ4v) is 2.30. The first kappa shape index (κ1) is 13.0. The topological polar surface area (TPSA) is 29.5 Å². The average Bonchev–Trinajstić information content (AvgIpc) is 2.89. The normalized spacial score (nSPS) is 14.8. The van der Waals surface area contributed by atoms with E-state index in [4.69, 9.17) is 4.74 Å². The number of benzene rings is 2. The van der Waals surface area contributed by atoms with Crippen molar-refractivity contribution in [3.63, 3.8) is 0 Å². The summed E-state index contributed by atoms with van der Waals surface area (Å²) in [5.41, 5.74) is 1.03. The Morgan fingerprint density at radius 1 is 1.00 bits per heavy atom. The number of halogens is 3. The third-order valence-corrected chi connectivity index (χ3v) is 3.36. The Labute approximate surface area is 113 Å². The monoisotopic (exact) mass is 280 g/mol. The largest absolute Gasteiger partial charge is 0.493 e. The van der Waals surface area contributed by atoms with E-state index in [1.54, 1.807) is 18.2 Å². The second-order valence-electron chi connectivity index (χ2n) is 4.66. The molecule has 0 aliphatic carbocycles. The quantitative estimate of drug-likeness (QED) is 0.856. The first-order valence-electron chi connectivity index (χ1n) is 6.14. The van der Waals surface area contributed by atoms with Crippen LogP contribution in [0.25, 0.3) is 0 Å². The Bertz CT molecular complexity index is 670. The molecule has 0 saturated heterocycles.